The fourth-order valence-electron chi connectivity index (χ4n) is 3.38. The summed E-state index contributed by atoms with van der Waals surface area (Å²) < 4.78 is 17.3. The van der Waals surface area contributed by atoms with E-state index in [1.807, 2.05) is 13.8 Å². The third-order valence-corrected chi connectivity index (χ3v) is 5.71. The van der Waals surface area contributed by atoms with Crippen molar-refractivity contribution >= 4 is 40.3 Å². The average Bonchev–Trinajstić information content (AvgIpc) is 3.19. The van der Waals surface area contributed by atoms with Gasteiger partial charge in [0.1, 0.15) is 11.9 Å². The number of carboxylic acids is 1. The molecule has 1 aliphatic heterocycles. The number of benzene rings is 2. The molecule has 1 atom stereocenters. The summed E-state index contributed by atoms with van der Waals surface area (Å²) in [5, 5.41) is 22.0. The molecule has 2 aromatic rings. The van der Waals surface area contributed by atoms with Crippen molar-refractivity contribution in [2.75, 3.05) is 12.1 Å². The predicted octanol–water partition coefficient (Wildman–Crippen LogP) is 5.46. The molecule has 0 aliphatic carbocycles. The van der Waals surface area contributed by atoms with E-state index in [9.17, 15) is 14.7 Å². The molecule has 170 valence electrons. The molecule has 3 rings (SSSR count). The largest absolute Gasteiger partial charge is 0.508 e. The van der Waals surface area contributed by atoms with Crippen LogP contribution in [0.2, 0.25) is 0 Å². The maximum atomic E-state index is 12.8. The topological polar surface area (TPSA) is 114 Å². The molecule has 1 heterocycles. The smallest absolute Gasteiger partial charge is 0.412 e. The summed E-state index contributed by atoms with van der Waals surface area (Å²) in [4.78, 5) is 23.5. The number of amides is 1. The Kier molecular flexibility index (Phi) is 7.49. The maximum absolute atomic E-state index is 12.8. The average molecular weight is 553 g/mol. The monoisotopic (exact) mass is 553 g/mol. The van der Waals surface area contributed by atoms with Crippen molar-refractivity contribution in [1.29, 1.82) is 0 Å². The number of carbonyl (C=O) groups is 2. The first kappa shape index (κ1) is 23.7. The van der Waals surface area contributed by atoms with E-state index in [0.29, 0.717) is 35.6 Å². The second-order valence-electron chi connectivity index (χ2n) is 7.95. The molecule has 9 heteroatoms. The number of anilines is 1. The van der Waals surface area contributed by atoms with Crippen molar-refractivity contribution < 1.29 is 34.0 Å². The van der Waals surface area contributed by atoms with Gasteiger partial charge in [-0.15, -0.1) is 0 Å². The number of nitrogens with one attached hydrogen (secondary N) is 1. The van der Waals surface area contributed by atoms with Gasteiger partial charge in [-0.3, -0.25) is 5.32 Å². The Hall–Kier alpha value is -2.95. The standard InChI is InChI=1S/C23H24INO7/c1-23(2,10-4-3-5-20(27)28)21(16-11-14(24)6-8-17(16)26)32-22(29)25-15-7-9-18-19(12-15)31-13-30-18/h3,5-9,11-12,21,26H,4,10,13H2,1-2H3,(H,25,29)(H,27,28)/b5-3+/t21-/m1/s1. The van der Waals surface area contributed by atoms with Crippen LogP contribution in [0.3, 0.4) is 0 Å². The lowest BCUT2D eigenvalue weighted by Crippen LogP contribution is -2.29. The highest BCUT2D eigenvalue weighted by Gasteiger charge is 2.35. The first-order valence-electron chi connectivity index (χ1n) is 9.91. The summed E-state index contributed by atoms with van der Waals surface area (Å²) in [6.07, 6.45) is 2.15. The number of phenols is 1. The normalized spacial score (nSPS) is 13.7. The number of halogens is 1. The molecule has 3 N–H and O–H groups in total. The molecule has 0 bridgehead atoms. The van der Waals surface area contributed by atoms with Crippen LogP contribution in [0, 0.1) is 8.99 Å². The number of ether oxygens (including phenoxy) is 3. The molecule has 0 unspecified atom stereocenters. The van der Waals surface area contributed by atoms with Gasteiger partial charge in [0, 0.05) is 32.4 Å². The van der Waals surface area contributed by atoms with Crippen molar-refractivity contribution in [2.24, 2.45) is 5.41 Å². The molecule has 1 aliphatic rings. The number of aliphatic carboxylic acids is 1. The number of carbonyl (C=O) groups excluding carboxylic acids is 1. The number of fused-ring (bicyclic) bond motifs is 1. The second kappa shape index (κ2) is 10.1. The van der Waals surface area contributed by atoms with Crippen molar-refractivity contribution in [3.05, 3.63) is 57.7 Å². The number of hydrogen-bond donors (Lipinski definition) is 3. The highest BCUT2D eigenvalue weighted by Crippen LogP contribution is 2.44. The Bertz CT molecular complexity index is 1040. The van der Waals surface area contributed by atoms with Crippen molar-refractivity contribution in [1.82, 2.24) is 0 Å². The second-order valence-corrected chi connectivity index (χ2v) is 9.20. The van der Waals surface area contributed by atoms with Crippen LogP contribution in [0.15, 0.2) is 48.6 Å². The Labute approximate surface area is 199 Å². The summed E-state index contributed by atoms with van der Waals surface area (Å²) in [6.45, 7) is 3.93. The Morgan fingerprint density at radius 2 is 1.97 bits per heavy atom. The fourth-order valence-corrected chi connectivity index (χ4v) is 3.89. The summed E-state index contributed by atoms with van der Waals surface area (Å²) in [5.74, 6) is 0.121. The van der Waals surface area contributed by atoms with Crippen molar-refractivity contribution in [3.8, 4) is 17.2 Å². The minimum absolute atomic E-state index is 0.0143. The van der Waals surface area contributed by atoms with Crippen LogP contribution < -0.4 is 14.8 Å². The van der Waals surface area contributed by atoms with Gasteiger partial charge in [0.25, 0.3) is 0 Å². The molecule has 32 heavy (non-hydrogen) atoms. The molecule has 0 radical (unpaired) electrons. The fraction of sp³-hybridized carbons (Fsp3) is 0.304. The van der Waals surface area contributed by atoms with E-state index in [-0.39, 0.29) is 12.5 Å². The van der Waals surface area contributed by atoms with E-state index < -0.39 is 23.6 Å². The lowest BCUT2D eigenvalue weighted by Gasteiger charge is -2.34. The summed E-state index contributed by atoms with van der Waals surface area (Å²) in [6, 6.07) is 10.1. The molecule has 0 saturated carbocycles. The van der Waals surface area contributed by atoms with Crippen LogP contribution in [0.25, 0.3) is 0 Å². The first-order valence-corrected chi connectivity index (χ1v) is 11.0. The van der Waals surface area contributed by atoms with Gasteiger partial charge < -0.3 is 24.4 Å². The number of allylic oxidation sites excluding steroid dienone is 1. The summed E-state index contributed by atoms with van der Waals surface area (Å²) in [7, 11) is 0. The zero-order valence-corrected chi connectivity index (χ0v) is 19.8. The van der Waals surface area contributed by atoms with E-state index in [2.05, 4.69) is 27.9 Å². The molecule has 0 fully saturated rings. The molecular formula is C23H24INO7. The van der Waals surface area contributed by atoms with Gasteiger partial charge in [-0.05, 0) is 65.8 Å². The van der Waals surface area contributed by atoms with E-state index in [4.69, 9.17) is 19.3 Å². The molecular weight excluding hydrogens is 529 g/mol. The Morgan fingerprint density at radius 1 is 1.22 bits per heavy atom. The quantitative estimate of drug-likeness (QED) is 0.294. The SMILES string of the molecule is CC(C)(CC/C=C/C(=O)O)[C@H](OC(=O)Nc1ccc2c(c1)OCO2)c1cc(I)ccc1O. The van der Waals surface area contributed by atoms with Gasteiger partial charge in [-0.25, -0.2) is 9.59 Å². The molecule has 2 aromatic carbocycles. The Balaban J connectivity index is 1.80. The van der Waals surface area contributed by atoms with Crippen LogP contribution in [0.5, 0.6) is 17.2 Å². The van der Waals surface area contributed by atoms with E-state index in [1.54, 1.807) is 42.5 Å². The highest BCUT2D eigenvalue weighted by atomic mass is 127. The van der Waals surface area contributed by atoms with Crippen LogP contribution in [0.1, 0.15) is 38.4 Å². The van der Waals surface area contributed by atoms with Gasteiger partial charge >= 0.3 is 12.1 Å². The van der Waals surface area contributed by atoms with Crippen LogP contribution in [0.4, 0.5) is 10.5 Å². The summed E-state index contributed by atoms with van der Waals surface area (Å²) in [5.41, 5.74) is 0.341. The molecule has 0 spiro atoms. The van der Waals surface area contributed by atoms with E-state index in [1.165, 1.54) is 0 Å². The molecule has 1 amide bonds. The van der Waals surface area contributed by atoms with Gasteiger partial charge in [0.05, 0.1) is 0 Å². The van der Waals surface area contributed by atoms with Gasteiger partial charge in [0.2, 0.25) is 6.79 Å². The van der Waals surface area contributed by atoms with Crippen LogP contribution in [-0.4, -0.2) is 29.1 Å². The van der Waals surface area contributed by atoms with Crippen molar-refractivity contribution in [3.63, 3.8) is 0 Å². The van der Waals surface area contributed by atoms with Gasteiger partial charge in [-0.1, -0.05) is 19.9 Å². The number of phenolic OH excluding ortho intramolecular Hbond substituents is 1. The Morgan fingerprint density at radius 3 is 2.72 bits per heavy atom. The van der Waals surface area contributed by atoms with Gasteiger partial charge in [0.15, 0.2) is 11.5 Å². The maximum Gasteiger partial charge on any atom is 0.412 e. The molecule has 0 saturated heterocycles. The number of aromatic hydroxyl groups is 1. The lowest BCUT2D eigenvalue weighted by atomic mass is 9.78. The number of carboxylic acid groups (broad SMARTS) is 1. The molecule has 0 aromatic heterocycles. The number of rotatable bonds is 8. The zero-order chi connectivity index (χ0) is 23.3. The lowest BCUT2D eigenvalue weighted by molar-refractivity contribution is -0.131. The van der Waals surface area contributed by atoms with Crippen LogP contribution >= 0.6 is 22.6 Å². The third-order valence-electron chi connectivity index (χ3n) is 5.04. The first-order chi connectivity index (χ1) is 15.2. The number of hydrogen-bond acceptors (Lipinski definition) is 6. The van der Waals surface area contributed by atoms with Crippen molar-refractivity contribution in [2.45, 2.75) is 32.8 Å². The highest BCUT2D eigenvalue weighted by molar-refractivity contribution is 14.1. The predicted molar refractivity (Wildman–Crippen MR) is 126 cm³/mol. The van der Waals surface area contributed by atoms with Gasteiger partial charge in [-0.2, -0.15) is 0 Å². The summed E-state index contributed by atoms with van der Waals surface area (Å²) >= 11 is 2.13. The minimum atomic E-state index is -1.02. The van der Waals surface area contributed by atoms with Crippen LogP contribution in [-0.2, 0) is 9.53 Å². The van der Waals surface area contributed by atoms with E-state index in [0.717, 1.165) is 9.65 Å². The minimum Gasteiger partial charge on any atom is -0.508 e. The zero-order valence-electron chi connectivity index (χ0n) is 17.6. The van der Waals surface area contributed by atoms with E-state index >= 15 is 0 Å². The third kappa shape index (κ3) is 6.06. The molecule has 8 nitrogen and oxygen atoms in total.